The first-order valence-electron chi connectivity index (χ1n) is 8.16. The van der Waals surface area contributed by atoms with Crippen LogP contribution in [0.5, 0.6) is 0 Å². The Hall–Kier alpha value is -0.120. The van der Waals surface area contributed by atoms with E-state index >= 15 is 0 Å². The maximum atomic E-state index is 5.85. The lowest BCUT2D eigenvalue weighted by molar-refractivity contribution is -0.0354. The second-order valence-corrected chi connectivity index (χ2v) is 7.65. The molecule has 3 fully saturated rings. The molecule has 3 aliphatic rings. The summed E-state index contributed by atoms with van der Waals surface area (Å²) in [6.07, 6.45) is 8.04. The molecule has 2 aliphatic heterocycles. The average molecular weight is 266 g/mol. The zero-order chi connectivity index (χ0) is 13.3. The fraction of sp³-hybridized carbons (Fsp3) is 1.00. The van der Waals surface area contributed by atoms with Gasteiger partial charge in [-0.15, -0.1) is 0 Å². The van der Waals surface area contributed by atoms with Crippen LogP contribution in [0.1, 0.15) is 52.4 Å². The number of nitrogens with one attached hydrogen (secondary N) is 1. The molecule has 0 aromatic rings. The number of hydrogen-bond acceptors (Lipinski definition) is 3. The van der Waals surface area contributed by atoms with Gasteiger partial charge in [-0.1, -0.05) is 0 Å². The standard InChI is InChI=1S/C16H30N2O/c1-15(2)7-3-9-18(15)12-16(8-4-10-19-13-16)11-17-14-5-6-14/h14,17H,3-13H2,1-2H3. The molecule has 1 saturated carbocycles. The molecule has 0 aromatic heterocycles. The first kappa shape index (κ1) is 13.8. The second kappa shape index (κ2) is 5.34. The Kier molecular flexibility index (Phi) is 3.89. The first-order chi connectivity index (χ1) is 9.10. The molecule has 1 atom stereocenters. The molecule has 110 valence electrons. The predicted molar refractivity (Wildman–Crippen MR) is 78.4 cm³/mol. The monoisotopic (exact) mass is 266 g/mol. The van der Waals surface area contributed by atoms with Gasteiger partial charge in [0.2, 0.25) is 0 Å². The minimum absolute atomic E-state index is 0.364. The molecule has 3 nitrogen and oxygen atoms in total. The highest BCUT2D eigenvalue weighted by atomic mass is 16.5. The van der Waals surface area contributed by atoms with E-state index in [0.717, 1.165) is 25.8 Å². The molecule has 19 heavy (non-hydrogen) atoms. The lowest BCUT2D eigenvalue weighted by atomic mass is 9.81. The van der Waals surface area contributed by atoms with Crippen molar-refractivity contribution in [1.29, 1.82) is 0 Å². The van der Waals surface area contributed by atoms with Gasteiger partial charge in [0.1, 0.15) is 0 Å². The Morgan fingerprint density at radius 3 is 2.63 bits per heavy atom. The molecule has 1 aliphatic carbocycles. The van der Waals surface area contributed by atoms with Crippen molar-refractivity contribution in [2.45, 2.75) is 64.0 Å². The summed E-state index contributed by atoms with van der Waals surface area (Å²) in [7, 11) is 0. The van der Waals surface area contributed by atoms with Gasteiger partial charge in [-0.25, -0.2) is 0 Å². The Bertz CT molecular complexity index is 306. The molecule has 0 spiro atoms. The fourth-order valence-corrected chi connectivity index (χ4v) is 3.74. The predicted octanol–water partition coefficient (Wildman–Crippen LogP) is 2.41. The molecule has 1 N–H and O–H groups in total. The largest absolute Gasteiger partial charge is 0.381 e. The number of hydrogen-bond donors (Lipinski definition) is 1. The molecule has 0 bridgehead atoms. The number of likely N-dealkylation sites (tertiary alicyclic amines) is 1. The molecule has 3 heteroatoms. The van der Waals surface area contributed by atoms with Crippen LogP contribution in [-0.2, 0) is 4.74 Å². The second-order valence-electron chi connectivity index (χ2n) is 7.65. The summed E-state index contributed by atoms with van der Waals surface area (Å²) < 4.78 is 5.85. The third-order valence-corrected chi connectivity index (χ3v) is 5.35. The Morgan fingerprint density at radius 1 is 1.21 bits per heavy atom. The van der Waals surface area contributed by atoms with Gasteiger partial charge < -0.3 is 10.1 Å². The maximum Gasteiger partial charge on any atom is 0.0546 e. The van der Waals surface area contributed by atoms with Crippen LogP contribution in [0.4, 0.5) is 0 Å². The molecule has 0 amide bonds. The summed E-state index contributed by atoms with van der Waals surface area (Å²) in [4.78, 5) is 2.72. The van der Waals surface area contributed by atoms with Crippen molar-refractivity contribution in [3.05, 3.63) is 0 Å². The van der Waals surface area contributed by atoms with Crippen molar-refractivity contribution in [3.8, 4) is 0 Å². The van der Waals surface area contributed by atoms with Gasteiger partial charge in [-0.05, 0) is 58.9 Å². The highest BCUT2D eigenvalue weighted by Gasteiger charge is 2.41. The van der Waals surface area contributed by atoms with E-state index in [1.165, 1.54) is 51.6 Å². The van der Waals surface area contributed by atoms with E-state index in [2.05, 4.69) is 24.1 Å². The third-order valence-electron chi connectivity index (χ3n) is 5.35. The van der Waals surface area contributed by atoms with Crippen LogP contribution in [-0.4, -0.2) is 49.3 Å². The number of ether oxygens (including phenoxy) is 1. The summed E-state index contributed by atoms with van der Waals surface area (Å²) in [5.74, 6) is 0. The molecule has 3 rings (SSSR count). The topological polar surface area (TPSA) is 24.5 Å². The SMILES string of the molecule is CC1(C)CCCN1CC1(CNC2CC2)CCCOC1. The summed E-state index contributed by atoms with van der Waals surface area (Å²) >= 11 is 0. The maximum absolute atomic E-state index is 5.85. The molecular weight excluding hydrogens is 236 g/mol. The van der Waals surface area contributed by atoms with Gasteiger partial charge in [0.15, 0.2) is 0 Å². The Morgan fingerprint density at radius 2 is 2.05 bits per heavy atom. The van der Waals surface area contributed by atoms with Crippen molar-refractivity contribution >= 4 is 0 Å². The highest BCUT2D eigenvalue weighted by molar-refractivity contribution is 4.96. The van der Waals surface area contributed by atoms with E-state index in [-0.39, 0.29) is 0 Å². The third kappa shape index (κ3) is 3.32. The first-order valence-corrected chi connectivity index (χ1v) is 8.16. The van der Waals surface area contributed by atoms with Crippen LogP contribution >= 0.6 is 0 Å². The van der Waals surface area contributed by atoms with E-state index < -0.39 is 0 Å². The van der Waals surface area contributed by atoms with Crippen molar-refractivity contribution in [2.24, 2.45) is 5.41 Å². The van der Waals surface area contributed by atoms with Gasteiger partial charge in [-0.2, -0.15) is 0 Å². The molecule has 0 radical (unpaired) electrons. The highest BCUT2D eigenvalue weighted by Crippen LogP contribution is 2.36. The number of rotatable bonds is 5. The molecule has 2 saturated heterocycles. The Labute approximate surface area is 118 Å². The van der Waals surface area contributed by atoms with Crippen molar-refractivity contribution in [1.82, 2.24) is 10.2 Å². The van der Waals surface area contributed by atoms with Crippen molar-refractivity contribution in [2.75, 3.05) is 32.8 Å². The summed E-state index contributed by atoms with van der Waals surface area (Å²) in [6.45, 7) is 10.4. The zero-order valence-corrected chi connectivity index (χ0v) is 12.7. The van der Waals surface area contributed by atoms with E-state index in [0.29, 0.717) is 11.0 Å². The van der Waals surface area contributed by atoms with Crippen molar-refractivity contribution < 1.29 is 4.74 Å². The van der Waals surface area contributed by atoms with Gasteiger partial charge in [0, 0.05) is 36.7 Å². The van der Waals surface area contributed by atoms with E-state index in [9.17, 15) is 0 Å². The van der Waals surface area contributed by atoms with Gasteiger partial charge in [0.25, 0.3) is 0 Å². The van der Waals surface area contributed by atoms with Crippen LogP contribution in [0.15, 0.2) is 0 Å². The van der Waals surface area contributed by atoms with Crippen molar-refractivity contribution in [3.63, 3.8) is 0 Å². The summed E-state index contributed by atoms with van der Waals surface area (Å²) in [5.41, 5.74) is 0.756. The van der Waals surface area contributed by atoms with Crippen LogP contribution in [0, 0.1) is 5.41 Å². The molecule has 0 aromatic carbocycles. The van der Waals surface area contributed by atoms with E-state index in [1.54, 1.807) is 0 Å². The smallest absolute Gasteiger partial charge is 0.0546 e. The van der Waals surface area contributed by atoms with Gasteiger partial charge in [0.05, 0.1) is 6.61 Å². The van der Waals surface area contributed by atoms with E-state index in [4.69, 9.17) is 4.74 Å². The van der Waals surface area contributed by atoms with Crippen LogP contribution in [0.2, 0.25) is 0 Å². The molecule has 2 heterocycles. The summed E-state index contributed by atoms with van der Waals surface area (Å²) in [5, 5.41) is 3.76. The van der Waals surface area contributed by atoms with Crippen LogP contribution in [0.3, 0.4) is 0 Å². The average Bonchev–Trinajstić information content (AvgIpc) is 3.15. The molecular formula is C16H30N2O. The quantitative estimate of drug-likeness (QED) is 0.827. The Balaban J connectivity index is 1.63. The van der Waals surface area contributed by atoms with Crippen LogP contribution < -0.4 is 5.32 Å². The van der Waals surface area contributed by atoms with Gasteiger partial charge >= 0.3 is 0 Å². The fourth-order valence-electron chi connectivity index (χ4n) is 3.74. The summed E-state index contributed by atoms with van der Waals surface area (Å²) in [6, 6.07) is 0.811. The van der Waals surface area contributed by atoms with Crippen LogP contribution in [0.25, 0.3) is 0 Å². The van der Waals surface area contributed by atoms with E-state index in [1.807, 2.05) is 0 Å². The lowest BCUT2D eigenvalue weighted by Gasteiger charge is -2.44. The normalized spacial score (nSPS) is 35.7. The lowest BCUT2D eigenvalue weighted by Crippen LogP contribution is -2.52. The number of nitrogens with zero attached hydrogens (tertiary/aromatic N) is 1. The zero-order valence-electron chi connectivity index (χ0n) is 12.7. The minimum atomic E-state index is 0.364. The minimum Gasteiger partial charge on any atom is -0.381 e. The van der Waals surface area contributed by atoms with Gasteiger partial charge in [-0.3, -0.25) is 4.90 Å². The molecule has 1 unspecified atom stereocenters.